The summed E-state index contributed by atoms with van der Waals surface area (Å²) in [5.74, 6) is 0. The average Bonchev–Trinajstić information content (AvgIpc) is 3.16. The van der Waals surface area contributed by atoms with Gasteiger partial charge in [0.05, 0.1) is 34.6 Å². The molecule has 6 aromatic carbocycles. The lowest BCUT2D eigenvalue weighted by Crippen LogP contribution is -2.07. The number of hydrogen-bond acceptors (Lipinski definition) is 6. The van der Waals surface area contributed by atoms with Gasteiger partial charge in [-0.15, -0.1) is 10.2 Å². The van der Waals surface area contributed by atoms with Crippen LogP contribution in [0.15, 0.2) is 158 Å². The molecular weight excluding hydrogens is 589 g/mol. The summed E-state index contributed by atoms with van der Waals surface area (Å²) >= 11 is 0. The minimum Gasteiger partial charge on any atom is -0.351 e. The second kappa shape index (κ2) is 13.5. The summed E-state index contributed by atoms with van der Waals surface area (Å²) in [6.45, 7) is 0. The van der Waals surface area contributed by atoms with E-state index in [0.717, 1.165) is 44.8 Å². The highest BCUT2D eigenvalue weighted by molar-refractivity contribution is 5.99. The number of benzene rings is 6. The lowest BCUT2D eigenvalue weighted by molar-refractivity contribution is 1.05. The van der Waals surface area contributed by atoms with Gasteiger partial charge in [-0.3, -0.25) is 0 Å². The van der Waals surface area contributed by atoms with E-state index in [-0.39, 0.29) is 0 Å². The van der Waals surface area contributed by atoms with Crippen molar-refractivity contribution < 1.29 is 0 Å². The number of rotatable bonds is 8. The average molecular weight is 617 g/mol. The molecule has 0 saturated carbocycles. The Bertz CT molecular complexity index is 2120. The highest BCUT2D eigenvalue weighted by Crippen LogP contribution is 2.44. The van der Waals surface area contributed by atoms with Gasteiger partial charge in [0.2, 0.25) is 0 Å². The molecule has 0 radical (unpaired) electrons. The molecule has 0 unspecified atom stereocenters. The molecule has 0 aliphatic carbocycles. The molecule has 7 rings (SSSR count). The Morgan fingerprint density at radius 1 is 0.375 bits per heavy atom. The molecule has 0 bridgehead atoms. The Kier molecular flexibility index (Phi) is 8.37. The van der Waals surface area contributed by atoms with E-state index >= 15 is 0 Å². The van der Waals surface area contributed by atoms with E-state index < -0.39 is 0 Å². The van der Waals surface area contributed by atoms with Crippen LogP contribution in [0.5, 0.6) is 0 Å². The highest BCUT2D eigenvalue weighted by Gasteiger charge is 2.22. The zero-order valence-corrected chi connectivity index (χ0v) is 25.8. The molecule has 226 valence electrons. The van der Waals surface area contributed by atoms with E-state index in [1.54, 1.807) is 24.3 Å². The van der Waals surface area contributed by atoms with E-state index in [9.17, 15) is 10.5 Å². The molecule has 6 nitrogen and oxygen atoms in total. The van der Waals surface area contributed by atoms with Crippen LogP contribution in [-0.2, 0) is 0 Å². The summed E-state index contributed by atoms with van der Waals surface area (Å²) < 4.78 is 0. The summed E-state index contributed by atoms with van der Waals surface area (Å²) in [6.07, 6.45) is 0. The second-order valence-corrected chi connectivity index (χ2v) is 11.1. The van der Waals surface area contributed by atoms with Gasteiger partial charge < -0.3 is 10.6 Å². The smallest absolute Gasteiger partial charge is 0.119 e. The third-order valence-electron chi connectivity index (χ3n) is 8.09. The number of nitriles is 2. The van der Waals surface area contributed by atoms with Crippen molar-refractivity contribution in [2.24, 2.45) is 0 Å². The third-order valence-corrected chi connectivity index (χ3v) is 8.09. The molecule has 48 heavy (non-hydrogen) atoms. The highest BCUT2D eigenvalue weighted by atomic mass is 15.2. The molecule has 0 fully saturated rings. The third kappa shape index (κ3) is 6.10. The van der Waals surface area contributed by atoms with E-state index in [1.165, 1.54) is 0 Å². The zero-order chi connectivity index (χ0) is 32.7. The van der Waals surface area contributed by atoms with Gasteiger partial charge in [-0.05, 0) is 47.5 Å². The van der Waals surface area contributed by atoms with Crippen molar-refractivity contribution in [2.45, 2.75) is 0 Å². The Balaban J connectivity index is 1.49. The number of hydrogen-bond donors (Lipinski definition) is 2. The number of para-hydroxylation sites is 2. The van der Waals surface area contributed by atoms with Crippen LogP contribution in [0, 0.1) is 22.7 Å². The van der Waals surface area contributed by atoms with E-state index in [1.807, 2.05) is 84.9 Å². The van der Waals surface area contributed by atoms with Crippen LogP contribution >= 0.6 is 0 Å². The SMILES string of the molecule is N#Cc1ccc(-c2nnc(-c3ccc(C#N)cc3)c(Nc3ccccc3-c3ccccc3)c2Nc2ccccc2-c2ccccc2)cc1. The zero-order valence-electron chi connectivity index (χ0n) is 25.8. The Labute approximate surface area is 279 Å². The fourth-order valence-corrected chi connectivity index (χ4v) is 5.68. The van der Waals surface area contributed by atoms with Gasteiger partial charge in [-0.25, -0.2) is 0 Å². The molecule has 0 atom stereocenters. The van der Waals surface area contributed by atoms with Crippen molar-refractivity contribution >= 4 is 22.7 Å². The first kappa shape index (κ1) is 29.7. The van der Waals surface area contributed by atoms with E-state index in [0.29, 0.717) is 33.9 Å². The molecule has 1 heterocycles. The van der Waals surface area contributed by atoms with Gasteiger partial charge in [0.1, 0.15) is 11.4 Å². The van der Waals surface area contributed by atoms with Crippen molar-refractivity contribution in [1.29, 1.82) is 10.5 Å². The topological polar surface area (TPSA) is 97.4 Å². The van der Waals surface area contributed by atoms with Crippen LogP contribution in [0.4, 0.5) is 22.7 Å². The molecular formula is C42H28N6. The molecule has 0 aliphatic heterocycles. The van der Waals surface area contributed by atoms with E-state index in [4.69, 9.17) is 10.2 Å². The molecule has 7 aromatic rings. The van der Waals surface area contributed by atoms with Crippen molar-refractivity contribution in [3.8, 4) is 56.9 Å². The summed E-state index contributed by atoms with van der Waals surface area (Å²) in [6, 6.07) is 55.9. The molecule has 0 spiro atoms. The van der Waals surface area contributed by atoms with Crippen LogP contribution in [0.3, 0.4) is 0 Å². The number of nitrogens with one attached hydrogen (secondary N) is 2. The second-order valence-electron chi connectivity index (χ2n) is 11.1. The lowest BCUT2D eigenvalue weighted by Gasteiger charge is -2.22. The first-order valence-electron chi connectivity index (χ1n) is 15.5. The van der Waals surface area contributed by atoms with Crippen LogP contribution < -0.4 is 10.6 Å². The number of aromatic nitrogens is 2. The Hall–Kier alpha value is -7.02. The molecule has 1 aromatic heterocycles. The Morgan fingerprint density at radius 3 is 1.10 bits per heavy atom. The van der Waals surface area contributed by atoms with Crippen molar-refractivity contribution in [3.63, 3.8) is 0 Å². The maximum absolute atomic E-state index is 9.49. The predicted molar refractivity (Wildman–Crippen MR) is 193 cm³/mol. The molecule has 6 heteroatoms. The molecule has 2 N–H and O–H groups in total. The standard InChI is InChI=1S/C42H28N6/c43-27-29-19-23-33(24-20-29)39-41(45-37-17-9-7-15-35(37)31-11-3-1-4-12-31)42(40(48-47-39)34-25-21-30(28-44)22-26-34)46-38-18-10-8-16-36(38)32-13-5-2-6-14-32/h1-26H,(H,45,48)(H,46,47). The summed E-state index contributed by atoms with van der Waals surface area (Å²) in [5, 5.41) is 36.1. The van der Waals surface area contributed by atoms with Gasteiger partial charge in [-0.1, -0.05) is 121 Å². The van der Waals surface area contributed by atoms with Gasteiger partial charge in [0.25, 0.3) is 0 Å². The maximum Gasteiger partial charge on any atom is 0.119 e. The molecule has 0 aliphatic rings. The summed E-state index contributed by atoms with van der Waals surface area (Å²) in [7, 11) is 0. The van der Waals surface area contributed by atoms with Gasteiger partial charge in [-0.2, -0.15) is 10.5 Å². The first-order valence-corrected chi connectivity index (χ1v) is 15.5. The van der Waals surface area contributed by atoms with Crippen LogP contribution in [0.2, 0.25) is 0 Å². The predicted octanol–water partition coefficient (Wildman–Crippen LogP) is 10.4. The number of anilines is 4. The first-order chi connectivity index (χ1) is 23.7. The maximum atomic E-state index is 9.49. The van der Waals surface area contributed by atoms with Gasteiger partial charge in [0, 0.05) is 33.6 Å². The lowest BCUT2D eigenvalue weighted by atomic mass is 10.00. The fraction of sp³-hybridized carbons (Fsp3) is 0. The van der Waals surface area contributed by atoms with Crippen molar-refractivity contribution in [2.75, 3.05) is 10.6 Å². The fourth-order valence-electron chi connectivity index (χ4n) is 5.68. The number of nitrogens with zero attached hydrogens (tertiary/aromatic N) is 4. The van der Waals surface area contributed by atoms with Gasteiger partial charge in [0.15, 0.2) is 0 Å². The largest absolute Gasteiger partial charge is 0.351 e. The Morgan fingerprint density at radius 2 is 0.729 bits per heavy atom. The molecule has 0 saturated heterocycles. The minimum atomic E-state index is 0.556. The van der Waals surface area contributed by atoms with Crippen LogP contribution in [-0.4, -0.2) is 10.2 Å². The van der Waals surface area contributed by atoms with E-state index in [2.05, 4.69) is 71.3 Å². The minimum absolute atomic E-state index is 0.556. The quantitative estimate of drug-likeness (QED) is 0.176. The monoisotopic (exact) mass is 616 g/mol. The molecule has 0 amide bonds. The van der Waals surface area contributed by atoms with Crippen LogP contribution in [0.1, 0.15) is 11.1 Å². The normalized spacial score (nSPS) is 10.5. The van der Waals surface area contributed by atoms with Crippen molar-refractivity contribution in [3.05, 3.63) is 169 Å². The van der Waals surface area contributed by atoms with Gasteiger partial charge >= 0.3 is 0 Å². The van der Waals surface area contributed by atoms with Crippen molar-refractivity contribution in [1.82, 2.24) is 10.2 Å². The van der Waals surface area contributed by atoms with Crippen LogP contribution in [0.25, 0.3) is 44.8 Å². The summed E-state index contributed by atoms with van der Waals surface area (Å²) in [4.78, 5) is 0. The summed E-state index contributed by atoms with van der Waals surface area (Å²) in [5.41, 5.74) is 11.3.